The second kappa shape index (κ2) is 6.70. The molecule has 1 saturated heterocycles. The van der Waals surface area contributed by atoms with Crippen molar-refractivity contribution in [3.63, 3.8) is 0 Å². The van der Waals surface area contributed by atoms with Crippen molar-refractivity contribution >= 4 is 10.0 Å². The van der Waals surface area contributed by atoms with E-state index in [1.165, 1.54) is 0 Å². The standard InChI is InChI=1S/C13H14F5NO3S/c14-9-1-2-11(15)12(7-9)23(20,21)19(8-13(16,17)18)10-3-5-22-6-4-10/h1-2,7,10H,3-6,8H2. The highest BCUT2D eigenvalue weighted by Gasteiger charge is 2.42. The van der Waals surface area contributed by atoms with Crippen molar-refractivity contribution in [1.82, 2.24) is 4.31 Å². The molecule has 0 radical (unpaired) electrons. The first-order valence-electron chi connectivity index (χ1n) is 6.72. The van der Waals surface area contributed by atoms with Crippen LogP contribution in [-0.4, -0.2) is 44.7 Å². The molecule has 1 aliphatic rings. The fourth-order valence-electron chi connectivity index (χ4n) is 2.36. The van der Waals surface area contributed by atoms with Crippen molar-refractivity contribution in [2.75, 3.05) is 19.8 Å². The number of hydrogen-bond acceptors (Lipinski definition) is 3. The topological polar surface area (TPSA) is 46.6 Å². The molecule has 130 valence electrons. The quantitative estimate of drug-likeness (QED) is 0.777. The highest BCUT2D eigenvalue weighted by molar-refractivity contribution is 7.89. The Bertz CT molecular complexity index is 656. The van der Waals surface area contributed by atoms with E-state index in [1.54, 1.807) is 0 Å². The highest BCUT2D eigenvalue weighted by atomic mass is 32.2. The van der Waals surface area contributed by atoms with Crippen LogP contribution in [0, 0.1) is 11.6 Å². The molecule has 1 aliphatic heterocycles. The average Bonchev–Trinajstić information content (AvgIpc) is 2.47. The molecule has 0 aliphatic carbocycles. The highest BCUT2D eigenvalue weighted by Crippen LogP contribution is 2.29. The van der Waals surface area contributed by atoms with Gasteiger partial charge in [-0.2, -0.15) is 17.5 Å². The van der Waals surface area contributed by atoms with Gasteiger partial charge in [-0.05, 0) is 31.0 Å². The van der Waals surface area contributed by atoms with Gasteiger partial charge in [0.15, 0.2) is 0 Å². The minimum absolute atomic E-state index is 0.0479. The molecule has 0 unspecified atom stereocenters. The summed E-state index contributed by atoms with van der Waals surface area (Å²) in [7, 11) is -4.84. The van der Waals surface area contributed by atoms with Crippen LogP contribution >= 0.6 is 0 Å². The summed E-state index contributed by atoms with van der Waals surface area (Å²) in [5.41, 5.74) is 0. The van der Waals surface area contributed by atoms with E-state index in [2.05, 4.69) is 0 Å². The predicted molar refractivity (Wildman–Crippen MR) is 70.1 cm³/mol. The summed E-state index contributed by atoms with van der Waals surface area (Å²) >= 11 is 0. The number of sulfonamides is 1. The smallest absolute Gasteiger partial charge is 0.381 e. The summed E-state index contributed by atoms with van der Waals surface area (Å²) in [5.74, 6) is -2.35. The summed E-state index contributed by atoms with van der Waals surface area (Å²) < 4.78 is 95.4. The predicted octanol–water partition coefficient (Wildman–Crippen LogP) is 2.70. The molecule has 23 heavy (non-hydrogen) atoms. The largest absolute Gasteiger partial charge is 0.402 e. The maximum absolute atomic E-state index is 13.7. The van der Waals surface area contributed by atoms with E-state index < -0.39 is 45.3 Å². The Labute approximate surface area is 129 Å². The van der Waals surface area contributed by atoms with E-state index in [9.17, 15) is 30.4 Å². The zero-order valence-corrected chi connectivity index (χ0v) is 12.6. The molecule has 0 N–H and O–H groups in total. The molecule has 10 heteroatoms. The van der Waals surface area contributed by atoms with Crippen LogP contribution in [0.5, 0.6) is 0 Å². The van der Waals surface area contributed by atoms with E-state index >= 15 is 0 Å². The number of halogens is 5. The van der Waals surface area contributed by atoms with E-state index in [1.807, 2.05) is 0 Å². The minimum Gasteiger partial charge on any atom is -0.381 e. The van der Waals surface area contributed by atoms with Gasteiger partial charge in [0.2, 0.25) is 10.0 Å². The van der Waals surface area contributed by atoms with Crippen molar-refractivity contribution in [3.05, 3.63) is 29.8 Å². The summed E-state index contributed by atoms with van der Waals surface area (Å²) in [6.07, 6.45) is -4.71. The molecular weight excluding hydrogens is 345 g/mol. The molecule has 0 amide bonds. The third kappa shape index (κ3) is 4.39. The molecule has 0 atom stereocenters. The van der Waals surface area contributed by atoms with Crippen molar-refractivity contribution in [2.24, 2.45) is 0 Å². The van der Waals surface area contributed by atoms with Crippen molar-refractivity contribution in [3.8, 4) is 0 Å². The first kappa shape index (κ1) is 18.1. The van der Waals surface area contributed by atoms with Crippen LogP contribution < -0.4 is 0 Å². The lowest BCUT2D eigenvalue weighted by molar-refractivity contribution is -0.141. The molecule has 0 saturated carbocycles. The van der Waals surface area contributed by atoms with Gasteiger partial charge in [-0.25, -0.2) is 17.2 Å². The van der Waals surface area contributed by atoms with Gasteiger partial charge in [0.05, 0.1) is 0 Å². The summed E-state index contributed by atoms with van der Waals surface area (Å²) in [6, 6.07) is 0.653. The summed E-state index contributed by atoms with van der Waals surface area (Å²) in [4.78, 5) is -1.10. The van der Waals surface area contributed by atoms with Gasteiger partial charge in [0, 0.05) is 19.3 Å². The molecule has 1 aromatic carbocycles. The van der Waals surface area contributed by atoms with Crippen molar-refractivity contribution < 1.29 is 35.1 Å². The Kier molecular flexibility index (Phi) is 5.27. The van der Waals surface area contributed by atoms with Gasteiger partial charge in [-0.3, -0.25) is 0 Å². The number of ether oxygens (including phenoxy) is 1. The van der Waals surface area contributed by atoms with Crippen molar-refractivity contribution in [2.45, 2.75) is 30.0 Å². The van der Waals surface area contributed by atoms with Crippen molar-refractivity contribution in [1.29, 1.82) is 0 Å². The molecule has 0 aromatic heterocycles. The molecule has 1 fully saturated rings. The Morgan fingerprint density at radius 1 is 1.17 bits per heavy atom. The fourth-order valence-corrected chi connectivity index (χ4v) is 4.11. The lowest BCUT2D eigenvalue weighted by Crippen LogP contribution is -2.47. The van der Waals surface area contributed by atoms with Crippen LogP contribution in [0.4, 0.5) is 22.0 Å². The van der Waals surface area contributed by atoms with Crippen LogP contribution in [0.1, 0.15) is 12.8 Å². The Morgan fingerprint density at radius 2 is 1.78 bits per heavy atom. The summed E-state index contributed by atoms with van der Waals surface area (Å²) in [6.45, 7) is -1.57. The maximum atomic E-state index is 13.7. The number of hydrogen-bond donors (Lipinski definition) is 0. The van der Waals surface area contributed by atoms with Gasteiger partial charge in [-0.15, -0.1) is 0 Å². The van der Waals surface area contributed by atoms with Gasteiger partial charge in [0.25, 0.3) is 0 Å². The first-order chi connectivity index (χ1) is 10.6. The molecule has 0 spiro atoms. The number of nitrogens with zero attached hydrogens (tertiary/aromatic N) is 1. The normalized spacial score (nSPS) is 17.7. The zero-order chi connectivity index (χ0) is 17.3. The molecule has 1 heterocycles. The summed E-state index contributed by atoms with van der Waals surface area (Å²) in [5, 5.41) is 0. The number of alkyl halides is 3. The van der Waals surface area contributed by atoms with E-state index in [0.29, 0.717) is 18.2 Å². The number of benzene rings is 1. The molecule has 4 nitrogen and oxygen atoms in total. The Balaban J connectivity index is 2.45. The molecule has 2 rings (SSSR count). The van der Waals surface area contributed by atoms with Gasteiger partial charge in [-0.1, -0.05) is 0 Å². The molecule has 0 bridgehead atoms. The SMILES string of the molecule is O=S(=O)(c1cc(F)ccc1F)N(CC(F)(F)F)C1CCOCC1. The lowest BCUT2D eigenvalue weighted by Gasteiger charge is -2.33. The minimum atomic E-state index is -4.84. The van der Waals surface area contributed by atoms with Crippen LogP contribution in [-0.2, 0) is 14.8 Å². The monoisotopic (exact) mass is 359 g/mol. The van der Waals surface area contributed by atoms with E-state index in [4.69, 9.17) is 4.74 Å². The first-order valence-corrected chi connectivity index (χ1v) is 8.16. The Hall–Kier alpha value is -1.26. The molecular formula is C13H14F5NO3S. The number of rotatable bonds is 4. The third-order valence-corrected chi connectivity index (χ3v) is 5.33. The fraction of sp³-hybridized carbons (Fsp3) is 0.538. The van der Waals surface area contributed by atoms with E-state index in [0.717, 1.165) is 0 Å². The lowest BCUT2D eigenvalue weighted by atomic mass is 10.1. The molecule has 1 aromatic rings. The Morgan fingerprint density at radius 3 is 2.35 bits per heavy atom. The van der Waals surface area contributed by atoms with Gasteiger partial charge >= 0.3 is 6.18 Å². The van der Waals surface area contributed by atoms with Gasteiger partial charge < -0.3 is 4.74 Å². The second-order valence-corrected chi connectivity index (χ2v) is 6.94. The van der Waals surface area contributed by atoms with Crippen LogP contribution in [0.2, 0.25) is 0 Å². The average molecular weight is 359 g/mol. The van der Waals surface area contributed by atoms with Gasteiger partial charge in [0.1, 0.15) is 23.1 Å². The van der Waals surface area contributed by atoms with Crippen LogP contribution in [0.25, 0.3) is 0 Å². The maximum Gasteiger partial charge on any atom is 0.402 e. The van der Waals surface area contributed by atoms with Crippen LogP contribution in [0.3, 0.4) is 0 Å². The van der Waals surface area contributed by atoms with E-state index in [-0.39, 0.29) is 30.4 Å². The van der Waals surface area contributed by atoms with Crippen LogP contribution in [0.15, 0.2) is 23.1 Å². The second-order valence-electron chi connectivity index (χ2n) is 5.08. The zero-order valence-electron chi connectivity index (χ0n) is 11.8. The third-order valence-electron chi connectivity index (χ3n) is 3.41.